The van der Waals surface area contributed by atoms with Crippen LogP contribution in [0.3, 0.4) is 0 Å². The Morgan fingerprint density at radius 1 is 1.47 bits per heavy atom. The average molecular weight is 260 g/mol. The third-order valence-electron chi connectivity index (χ3n) is 1.78. The van der Waals surface area contributed by atoms with Crippen molar-refractivity contribution in [1.82, 2.24) is 9.97 Å². The summed E-state index contributed by atoms with van der Waals surface area (Å²) in [4.78, 5) is 17.2. The van der Waals surface area contributed by atoms with E-state index in [0.29, 0.717) is 0 Å². The first-order chi connectivity index (χ1) is 7.78. The molecule has 1 rings (SSSR count). The van der Waals surface area contributed by atoms with Crippen LogP contribution in [-0.4, -0.2) is 41.4 Å². The van der Waals surface area contributed by atoms with E-state index in [-0.39, 0.29) is 23.4 Å². The van der Waals surface area contributed by atoms with Gasteiger partial charge in [0.15, 0.2) is 0 Å². The Morgan fingerprint density at radius 2 is 2.00 bits per heavy atom. The topological polar surface area (TPSA) is 115 Å². The lowest BCUT2D eigenvalue weighted by atomic mass is 10.4. The Bertz CT molecular complexity index is 499. The lowest BCUT2D eigenvalue weighted by Gasteiger charge is -2.11. The SMILES string of the molecule is C[C@@H](CS(C)(=O)=O)Nc1ncc([N+](=O)[O-])cn1. The van der Waals surface area contributed by atoms with Gasteiger partial charge < -0.3 is 5.32 Å². The predicted octanol–water partition coefficient (Wildman–Crippen LogP) is 0.230. The zero-order valence-corrected chi connectivity index (χ0v) is 10.1. The van der Waals surface area contributed by atoms with E-state index in [1.165, 1.54) is 0 Å². The van der Waals surface area contributed by atoms with E-state index in [0.717, 1.165) is 18.6 Å². The van der Waals surface area contributed by atoms with Crippen molar-refractivity contribution in [3.8, 4) is 0 Å². The molecule has 1 atom stereocenters. The first-order valence-electron chi connectivity index (χ1n) is 4.68. The second-order valence-electron chi connectivity index (χ2n) is 3.66. The largest absolute Gasteiger partial charge is 0.351 e. The zero-order valence-electron chi connectivity index (χ0n) is 9.32. The van der Waals surface area contributed by atoms with Crippen LogP contribution in [0.2, 0.25) is 0 Å². The van der Waals surface area contributed by atoms with Gasteiger partial charge in [0.1, 0.15) is 22.2 Å². The molecule has 9 heteroatoms. The number of rotatable bonds is 5. The fourth-order valence-corrected chi connectivity index (χ4v) is 2.20. The Kier molecular flexibility index (Phi) is 3.94. The van der Waals surface area contributed by atoms with Crippen LogP contribution in [-0.2, 0) is 9.84 Å². The minimum absolute atomic E-state index is 0.0622. The summed E-state index contributed by atoms with van der Waals surface area (Å²) in [7, 11) is -3.09. The highest BCUT2D eigenvalue weighted by Gasteiger charge is 2.12. The minimum atomic E-state index is -3.09. The number of anilines is 1. The van der Waals surface area contributed by atoms with E-state index < -0.39 is 14.8 Å². The smallest absolute Gasteiger partial charge is 0.305 e. The monoisotopic (exact) mass is 260 g/mol. The van der Waals surface area contributed by atoms with Gasteiger partial charge in [0.25, 0.3) is 0 Å². The molecule has 0 radical (unpaired) electrons. The molecule has 1 aromatic heterocycles. The summed E-state index contributed by atoms with van der Waals surface area (Å²) >= 11 is 0. The van der Waals surface area contributed by atoms with Crippen LogP contribution in [0.5, 0.6) is 0 Å². The Hall–Kier alpha value is -1.77. The minimum Gasteiger partial charge on any atom is -0.351 e. The average Bonchev–Trinajstić information content (AvgIpc) is 2.15. The molecule has 0 bridgehead atoms. The van der Waals surface area contributed by atoms with Crippen molar-refractivity contribution < 1.29 is 13.3 Å². The highest BCUT2D eigenvalue weighted by atomic mass is 32.2. The van der Waals surface area contributed by atoms with Crippen molar-refractivity contribution in [3.63, 3.8) is 0 Å². The molecule has 0 aliphatic carbocycles. The Balaban J connectivity index is 2.66. The maximum Gasteiger partial charge on any atom is 0.305 e. The van der Waals surface area contributed by atoms with Gasteiger partial charge in [-0.05, 0) is 6.92 Å². The second kappa shape index (κ2) is 5.04. The van der Waals surface area contributed by atoms with Crippen molar-refractivity contribution >= 4 is 21.5 Å². The van der Waals surface area contributed by atoms with Crippen molar-refractivity contribution in [2.45, 2.75) is 13.0 Å². The van der Waals surface area contributed by atoms with Gasteiger partial charge in [-0.15, -0.1) is 0 Å². The van der Waals surface area contributed by atoms with Crippen LogP contribution >= 0.6 is 0 Å². The first kappa shape index (κ1) is 13.3. The van der Waals surface area contributed by atoms with Crippen molar-refractivity contribution in [1.29, 1.82) is 0 Å². The Morgan fingerprint density at radius 3 is 2.41 bits per heavy atom. The standard InChI is InChI=1S/C8H12N4O4S/c1-6(5-17(2,15)16)11-8-9-3-7(4-10-8)12(13)14/h3-4,6H,5H2,1-2H3,(H,9,10,11)/t6-/m0/s1. The predicted molar refractivity (Wildman–Crippen MR) is 61.5 cm³/mol. The van der Waals surface area contributed by atoms with E-state index in [1.54, 1.807) is 6.92 Å². The molecule has 0 saturated carbocycles. The summed E-state index contributed by atoms with van der Waals surface area (Å²) < 4.78 is 22.0. The highest BCUT2D eigenvalue weighted by molar-refractivity contribution is 7.90. The summed E-state index contributed by atoms with van der Waals surface area (Å²) in [6, 6.07) is -0.369. The lowest BCUT2D eigenvalue weighted by molar-refractivity contribution is -0.385. The molecule has 0 saturated heterocycles. The van der Waals surface area contributed by atoms with Gasteiger partial charge in [0.05, 0.1) is 10.7 Å². The molecule has 0 aliphatic rings. The summed E-state index contributed by atoms with van der Waals surface area (Å²) in [5.41, 5.74) is -0.216. The van der Waals surface area contributed by atoms with E-state index >= 15 is 0 Å². The number of nitro groups is 1. The Labute approximate surface area is 98.2 Å². The van der Waals surface area contributed by atoms with Crippen molar-refractivity contribution in [3.05, 3.63) is 22.5 Å². The molecule has 0 amide bonds. The molecule has 94 valence electrons. The number of hydrogen-bond acceptors (Lipinski definition) is 7. The number of sulfone groups is 1. The molecule has 1 N–H and O–H groups in total. The van der Waals surface area contributed by atoms with Crippen LogP contribution in [0.1, 0.15) is 6.92 Å². The van der Waals surface area contributed by atoms with E-state index in [2.05, 4.69) is 15.3 Å². The summed E-state index contributed by atoms with van der Waals surface area (Å²) in [5.74, 6) is 0.0969. The van der Waals surface area contributed by atoms with Crippen LogP contribution in [0, 0.1) is 10.1 Å². The molecule has 1 heterocycles. The molecular formula is C8H12N4O4S. The number of hydrogen-bond donors (Lipinski definition) is 1. The van der Waals surface area contributed by atoms with Crippen LogP contribution in [0.4, 0.5) is 11.6 Å². The third kappa shape index (κ3) is 4.72. The normalized spacial score (nSPS) is 13.1. The quantitative estimate of drug-likeness (QED) is 0.595. The van der Waals surface area contributed by atoms with Gasteiger partial charge >= 0.3 is 5.69 Å². The molecule has 1 aromatic rings. The van der Waals surface area contributed by atoms with Gasteiger partial charge in [-0.3, -0.25) is 10.1 Å². The van der Waals surface area contributed by atoms with Gasteiger partial charge in [-0.25, -0.2) is 18.4 Å². The molecule has 0 aliphatic heterocycles. The van der Waals surface area contributed by atoms with E-state index in [4.69, 9.17) is 0 Å². The molecule has 0 unspecified atom stereocenters. The third-order valence-corrected chi connectivity index (χ3v) is 2.88. The molecule has 8 nitrogen and oxygen atoms in total. The number of aromatic nitrogens is 2. The van der Waals surface area contributed by atoms with Crippen LogP contribution < -0.4 is 5.32 Å². The summed E-state index contributed by atoms with van der Waals surface area (Å²) in [6.45, 7) is 1.66. The maximum absolute atomic E-state index is 11.0. The lowest BCUT2D eigenvalue weighted by Crippen LogP contribution is -2.25. The molecular weight excluding hydrogens is 248 g/mol. The fraction of sp³-hybridized carbons (Fsp3) is 0.500. The highest BCUT2D eigenvalue weighted by Crippen LogP contribution is 2.09. The molecule has 17 heavy (non-hydrogen) atoms. The molecule has 0 aromatic carbocycles. The van der Waals surface area contributed by atoms with Gasteiger partial charge in [-0.2, -0.15) is 0 Å². The van der Waals surface area contributed by atoms with E-state index in [1.807, 2.05) is 0 Å². The van der Waals surface area contributed by atoms with Crippen LogP contribution in [0.25, 0.3) is 0 Å². The number of nitrogens with one attached hydrogen (secondary N) is 1. The maximum atomic E-state index is 11.0. The number of nitrogens with zero attached hydrogens (tertiary/aromatic N) is 3. The van der Waals surface area contributed by atoms with Crippen molar-refractivity contribution in [2.24, 2.45) is 0 Å². The zero-order chi connectivity index (χ0) is 13.1. The van der Waals surface area contributed by atoms with E-state index in [9.17, 15) is 18.5 Å². The second-order valence-corrected chi connectivity index (χ2v) is 5.84. The van der Waals surface area contributed by atoms with Crippen molar-refractivity contribution in [2.75, 3.05) is 17.3 Å². The summed E-state index contributed by atoms with van der Waals surface area (Å²) in [5, 5.41) is 13.1. The van der Waals surface area contributed by atoms with Gasteiger partial charge in [0.2, 0.25) is 5.95 Å². The van der Waals surface area contributed by atoms with Gasteiger partial charge in [0, 0.05) is 12.3 Å². The van der Waals surface area contributed by atoms with Gasteiger partial charge in [-0.1, -0.05) is 0 Å². The molecule has 0 fully saturated rings. The fourth-order valence-electron chi connectivity index (χ4n) is 1.21. The first-order valence-corrected chi connectivity index (χ1v) is 6.74. The van der Waals surface area contributed by atoms with Crippen LogP contribution in [0.15, 0.2) is 12.4 Å². The molecule has 0 spiro atoms. The summed E-state index contributed by atoms with van der Waals surface area (Å²) in [6.07, 6.45) is 3.24.